The Balaban J connectivity index is 1.44. The van der Waals surface area contributed by atoms with E-state index in [2.05, 4.69) is 63.9 Å². The van der Waals surface area contributed by atoms with E-state index in [1.807, 2.05) is 19.1 Å². The molecule has 0 radical (unpaired) electrons. The number of thioether (sulfide) groups is 1. The minimum absolute atomic E-state index is 0.0198. The third-order valence-electron chi connectivity index (χ3n) is 5.37. The number of fused-ring (bicyclic) bond motifs is 1. The molecule has 3 aromatic rings. The first-order valence-corrected chi connectivity index (χ1v) is 10.8. The van der Waals surface area contributed by atoms with Crippen LogP contribution in [0.3, 0.4) is 0 Å². The molecule has 2 aromatic carbocycles. The van der Waals surface area contributed by atoms with Crippen LogP contribution in [0, 0.1) is 0 Å². The summed E-state index contributed by atoms with van der Waals surface area (Å²) in [5.41, 5.74) is 10.3. The molecule has 1 unspecified atom stereocenters. The second kappa shape index (κ2) is 8.76. The molecule has 0 saturated heterocycles. The summed E-state index contributed by atoms with van der Waals surface area (Å²) in [6, 6.07) is 18.8. The maximum Gasteiger partial charge on any atom is 0.257 e. The third-order valence-corrected chi connectivity index (χ3v) is 6.74. The number of aromatic amines is 1. The zero-order chi connectivity index (χ0) is 20.2. The number of hydrogen-bond donors (Lipinski definition) is 3. The summed E-state index contributed by atoms with van der Waals surface area (Å²) >= 11 is 1.52. The predicted molar refractivity (Wildman–Crippen MR) is 120 cm³/mol. The first-order chi connectivity index (χ1) is 14.1. The summed E-state index contributed by atoms with van der Waals surface area (Å²) in [5.74, 6) is -0.350. The number of amides is 1. The van der Waals surface area contributed by atoms with Crippen LogP contribution >= 0.6 is 11.8 Å². The van der Waals surface area contributed by atoms with Gasteiger partial charge in [-0.2, -0.15) is 0 Å². The predicted octanol–water partition coefficient (Wildman–Crippen LogP) is 3.59. The van der Waals surface area contributed by atoms with E-state index in [0.29, 0.717) is 4.91 Å². The Morgan fingerprint density at radius 3 is 2.69 bits per heavy atom. The molecule has 1 aromatic heterocycles. The van der Waals surface area contributed by atoms with Crippen molar-refractivity contribution < 1.29 is 4.79 Å². The van der Waals surface area contributed by atoms with Crippen molar-refractivity contribution in [3.8, 4) is 0 Å². The number of nitrogens with zero attached hydrogens (tertiary/aromatic N) is 1. The molecular formula is C23H26N4OS. The fraction of sp³-hybridized carbons (Fsp3) is 0.261. The van der Waals surface area contributed by atoms with Gasteiger partial charge in [0.2, 0.25) is 0 Å². The van der Waals surface area contributed by atoms with Crippen molar-refractivity contribution in [2.24, 2.45) is 5.73 Å². The van der Waals surface area contributed by atoms with Crippen molar-refractivity contribution in [2.45, 2.75) is 25.3 Å². The highest BCUT2D eigenvalue weighted by Crippen LogP contribution is 2.36. The van der Waals surface area contributed by atoms with E-state index in [9.17, 15) is 4.79 Å². The zero-order valence-corrected chi connectivity index (χ0v) is 17.3. The topological polar surface area (TPSA) is 74.2 Å². The van der Waals surface area contributed by atoms with Crippen LogP contribution in [0.2, 0.25) is 0 Å². The molecule has 1 amide bonds. The maximum absolute atomic E-state index is 11.9. The number of aromatic nitrogens is 1. The second-order valence-corrected chi connectivity index (χ2v) is 8.33. The van der Waals surface area contributed by atoms with Crippen molar-refractivity contribution in [1.29, 1.82) is 0 Å². The lowest BCUT2D eigenvalue weighted by atomic mass is 10.1. The number of carbonyl (C=O) groups excluding carboxylic acids is 1. The number of hydrogen-bond acceptors (Lipinski definition) is 4. The highest BCUT2D eigenvalue weighted by molar-refractivity contribution is 8.04. The average molecular weight is 407 g/mol. The number of para-hydroxylation sites is 1. The Bertz CT molecular complexity index is 1030. The van der Waals surface area contributed by atoms with Crippen molar-refractivity contribution in [1.82, 2.24) is 15.2 Å². The maximum atomic E-state index is 11.9. The van der Waals surface area contributed by atoms with Gasteiger partial charge in [0.05, 0.1) is 4.91 Å². The number of nitrogens with two attached hydrogens (primary N) is 1. The minimum atomic E-state index is -0.350. The molecule has 0 bridgehead atoms. The number of primary amides is 1. The molecule has 29 heavy (non-hydrogen) atoms. The van der Waals surface area contributed by atoms with Gasteiger partial charge in [0.1, 0.15) is 5.50 Å². The van der Waals surface area contributed by atoms with Crippen molar-refractivity contribution in [2.75, 3.05) is 13.1 Å². The van der Waals surface area contributed by atoms with Crippen LogP contribution in [0.1, 0.15) is 18.1 Å². The number of nitrogens with one attached hydrogen (secondary N) is 2. The lowest BCUT2D eigenvalue weighted by Crippen LogP contribution is -2.41. The van der Waals surface area contributed by atoms with Gasteiger partial charge < -0.3 is 15.6 Å². The summed E-state index contributed by atoms with van der Waals surface area (Å²) in [5, 5.41) is 4.85. The molecule has 4 N–H and O–H groups in total. The molecule has 5 nitrogen and oxygen atoms in total. The molecule has 0 saturated carbocycles. The van der Waals surface area contributed by atoms with Gasteiger partial charge in [0.25, 0.3) is 5.91 Å². The summed E-state index contributed by atoms with van der Waals surface area (Å²) < 4.78 is 0. The van der Waals surface area contributed by atoms with Gasteiger partial charge in [-0.1, -0.05) is 60.3 Å². The number of benzene rings is 2. The van der Waals surface area contributed by atoms with Gasteiger partial charge in [-0.15, -0.1) is 0 Å². The van der Waals surface area contributed by atoms with E-state index in [1.54, 1.807) is 0 Å². The van der Waals surface area contributed by atoms with Crippen molar-refractivity contribution in [3.05, 3.63) is 82.5 Å². The number of allylic oxidation sites excluding steroid dienone is 1. The van der Waals surface area contributed by atoms with Crippen LogP contribution in [-0.2, 0) is 17.6 Å². The average Bonchev–Trinajstić information content (AvgIpc) is 3.28. The lowest BCUT2D eigenvalue weighted by molar-refractivity contribution is -0.114. The van der Waals surface area contributed by atoms with Gasteiger partial charge in [-0.3, -0.25) is 10.1 Å². The van der Waals surface area contributed by atoms with Crippen LogP contribution in [-0.4, -0.2) is 34.4 Å². The molecule has 1 aliphatic heterocycles. The monoisotopic (exact) mass is 406 g/mol. The summed E-state index contributed by atoms with van der Waals surface area (Å²) in [6.07, 6.45) is 3.92. The van der Waals surface area contributed by atoms with E-state index in [1.165, 1.54) is 28.3 Å². The van der Waals surface area contributed by atoms with Gasteiger partial charge >= 0.3 is 0 Å². The Morgan fingerprint density at radius 1 is 1.14 bits per heavy atom. The highest BCUT2D eigenvalue weighted by atomic mass is 32.2. The number of H-pyrrole nitrogens is 1. The fourth-order valence-electron chi connectivity index (χ4n) is 3.80. The fourth-order valence-corrected chi connectivity index (χ4v) is 5.02. The van der Waals surface area contributed by atoms with Crippen molar-refractivity contribution >= 4 is 28.6 Å². The van der Waals surface area contributed by atoms with E-state index >= 15 is 0 Å². The van der Waals surface area contributed by atoms with Crippen LogP contribution < -0.4 is 11.1 Å². The van der Waals surface area contributed by atoms with E-state index in [0.717, 1.165) is 37.1 Å². The van der Waals surface area contributed by atoms with E-state index < -0.39 is 0 Å². The summed E-state index contributed by atoms with van der Waals surface area (Å²) in [4.78, 5) is 18.1. The molecule has 0 fully saturated rings. The van der Waals surface area contributed by atoms with Crippen molar-refractivity contribution in [3.63, 3.8) is 0 Å². The Labute approximate surface area is 175 Å². The Kier molecular flexibility index (Phi) is 5.92. The molecule has 6 heteroatoms. The minimum Gasteiger partial charge on any atom is -0.365 e. The van der Waals surface area contributed by atoms with Crippen LogP contribution in [0.15, 0.2) is 71.4 Å². The van der Waals surface area contributed by atoms with Gasteiger partial charge in [0, 0.05) is 35.9 Å². The number of rotatable bonds is 8. The smallest absolute Gasteiger partial charge is 0.257 e. The highest BCUT2D eigenvalue weighted by Gasteiger charge is 2.32. The zero-order valence-electron chi connectivity index (χ0n) is 16.5. The van der Waals surface area contributed by atoms with Crippen LogP contribution in [0.4, 0.5) is 0 Å². The SMILES string of the molecule is CC1=C(C(N)=O)SC(NCCc2ccccc2)N1CCc1c[nH]c2ccccc12. The molecule has 4 rings (SSSR count). The molecule has 2 heterocycles. The lowest BCUT2D eigenvalue weighted by Gasteiger charge is -2.28. The van der Waals surface area contributed by atoms with E-state index in [4.69, 9.17) is 5.73 Å². The van der Waals surface area contributed by atoms with Gasteiger partial charge in [-0.05, 0) is 37.0 Å². The molecule has 1 aliphatic rings. The Morgan fingerprint density at radius 2 is 1.90 bits per heavy atom. The second-order valence-electron chi connectivity index (χ2n) is 7.24. The number of carbonyl (C=O) groups is 1. The molecule has 1 atom stereocenters. The molecule has 150 valence electrons. The third kappa shape index (κ3) is 4.33. The van der Waals surface area contributed by atoms with Gasteiger partial charge in [-0.25, -0.2) is 0 Å². The quantitative estimate of drug-likeness (QED) is 0.534. The van der Waals surface area contributed by atoms with Gasteiger partial charge in [0.15, 0.2) is 0 Å². The summed E-state index contributed by atoms with van der Waals surface area (Å²) in [7, 11) is 0. The first kappa shape index (κ1) is 19.6. The largest absolute Gasteiger partial charge is 0.365 e. The van der Waals surface area contributed by atoms with Crippen LogP contribution in [0.25, 0.3) is 10.9 Å². The molecule has 0 spiro atoms. The normalized spacial score (nSPS) is 16.7. The summed E-state index contributed by atoms with van der Waals surface area (Å²) in [6.45, 7) is 3.65. The standard InChI is InChI=1S/C23H26N4OS/c1-16-21(22(24)28)29-23(25-13-11-17-7-3-2-4-8-17)27(16)14-12-18-15-26-20-10-6-5-9-19(18)20/h2-10,15,23,25-26H,11-14H2,1H3,(H2,24,28). The first-order valence-electron chi connectivity index (χ1n) is 9.90. The van der Waals surface area contributed by atoms with Crippen LogP contribution in [0.5, 0.6) is 0 Å². The Hall–Kier alpha value is -2.70. The van der Waals surface area contributed by atoms with E-state index in [-0.39, 0.29) is 11.4 Å². The molecule has 0 aliphatic carbocycles. The molecular weight excluding hydrogens is 380 g/mol.